The highest BCUT2D eigenvalue weighted by Crippen LogP contribution is 2.37. The summed E-state index contributed by atoms with van der Waals surface area (Å²) in [4.78, 5) is 45.5. The number of aliphatic hydroxyl groups is 1. The standard InChI is InChI=1S/C27H36BN4O6/c1-16(2)14-23(28-32(17(3)15-37-28)18(4)27(36)38-28)30-26(35)24(19(5)33)31-25(34)22-13-9-12-21(29-22)20-10-7-6-8-11-20/h6-13,16-19,23-24,33H,14-15H2,1-5H3,(H,30,35)(H,31,34)/q-1/t17-,18+,19+,23-,24-,28?/m0/s1. The van der Waals surface area contributed by atoms with Crippen molar-refractivity contribution in [3.8, 4) is 11.3 Å². The Kier molecular flexibility index (Phi) is 8.20. The molecule has 1 aromatic heterocycles. The molecule has 0 bridgehead atoms. The molecule has 1 unspecified atom stereocenters. The molecule has 11 heteroatoms. The number of fused-ring (bicyclic) bond motifs is 1. The fourth-order valence-corrected chi connectivity index (χ4v) is 5.45. The predicted octanol–water partition coefficient (Wildman–Crippen LogP) is 1.90. The van der Waals surface area contributed by atoms with Crippen LogP contribution >= 0.6 is 0 Å². The van der Waals surface area contributed by atoms with Gasteiger partial charge in [0, 0.05) is 12.2 Å². The number of benzene rings is 1. The molecule has 0 saturated carbocycles. The number of nitrogens with zero attached hydrogens (tertiary/aromatic N) is 2. The molecule has 2 saturated heterocycles. The van der Waals surface area contributed by atoms with E-state index in [1.165, 1.54) is 6.92 Å². The molecule has 2 aliphatic rings. The summed E-state index contributed by atoms with van der Waals surface area (Å²) in [6.07, 6.45) is -0.735. The summed E-state index contributed by atoms with van der Waals surface area (Å²) in [7, 11) is 0. The SMILES string of the molecule is CC(C)C[C@H](NC(=O)[C@@H](NC(=O)c1cccc(-c2ccccc2)n1)[C@@H](C)O)[B-]12OC[C@H](C)N1[C@H](C)C(=O)O2. The number of aliphatic hydroxyl groups excluding tert-OH is 1. The average Bonchev–Trinajstić information content (AvgIpc) is 3.35. The fourth-order valence-electron chi connectivity index (χ4n) is 5.45. The highest BCUT2D eigenvalue weighted by molar-refractivity contribution is 6.70. The lowest BCUT2D eigenvalue weighted by Crippen LogP contribution is -2.68. The van der Waals surface area contributed by atoms with Crippen molar-refractivity contribution in [2.24, 2.45) is 5.92 Å². The number of carbonyl (C=O) groups excluding carboxylic acids is 3. The normalized spacial score (nSPS) is 25.4. The number of hydrogen-bond acceptors (Lipinski definition) is 8. The summed E-state index contributed by atoms with van der Waals surface area (Å²) >= 11 is 0. The van der Waals surface area contributed by atoms with Crippen molar-refractivity contribution < 1.29 is 28.8 Å². The minimum absolute atomic E-state index is 0.0711. The quantitative estimate of drug-likeness (QED) is 0.425. The fraction of sp³-hybridized carbons (Fsp3) is 0.481. The minimum atomic E-state index is -2.29. The number of rotatable bonds is 9. The first-order valence-corrected chi connectivity index (χ1v) is 13.1. The zero-order valence-corrected chi connectivity index (χ0v) is 22.5. The number of carbonyl (C=O) groups is 3. The molecule has 2 aromatic rings. The van der Waals surface area contributed by atoms with E-state index in [1.807, 2.05) is 55.9 Å². The van der Waals surface area contributed by atoms with E-state index in [0.717, 1.165) is 5.56 Å². The van der Waals surface area contributed by atoms with E-state index >= 15 is 0 Å². The third kappa shape index (κ3) is 5.45. The molecule has 2 fully saturated rings. The van der Waals surface area contributed by atoms with Gasteiger partial charge in [-0.1, -0.05) is 63.6 Å². The van der Waals surface area contributed by atoms with E-state index in [4.69, 9.17) is 9.31 Å². The molecule has 4 rings (SSSR count). The molecule has 2 amide bonds. The number of amides is 2. The lowest BCUT2D eigenvalue weighted by molar-refractivity contribution is -0.136. The van der Waals surface area contributed by atoms with Crippen LogP contribution in [-0.4, -0.2) is 76.1 Å². The lowest BCUT2D eigenvalue weighted by atomic mass is 9.59. The zero-order chi connectivity index (χ0) is 27.6. The Bertz CT molecular complexity index is 1180. The van der Waals surface area contributed by atoms with Crippen molar-refractivity contribution in [1.29, 1.82) is 0 Å². The summed E-state index contributed by atoms with van der Waals surface area (Å²) < 4.78 is 11.9. The van der Waals surface area contributed by atoms with Crippen LogP contribution in [0.15, 0.2) is 48.5 Å². The molecule has 2 aliphatic heterocycles. The third-order valence-electron chi connectivity index (χ3n) is 7.24. The summed E-state index contributed by atoms with van der Waals surface area (Å²) in [6.45, 7) is 7.20. The lowest BCUT2D eigenvalue weighted by Gasteiger charge is -2.45. The summed E-state index contributed by atoms with van der Waals surface area (Å²) in [5.74, 6) is -2.13. The van der Waals surface area contributed by atoms with E-state index in [0.29, 0.717) is 18.7 Å². The average molecular weight is 523 g/mol. The predicted molar refractivity (Wildman–Crippen MR) is 143 cm³/mol. The van der Waals surface area contributed by atoms with Gasteiger partial charge in [0.25, 0.3) is 11.9 Å². The van der Waals surface area contributed by atoms with Crippen LogP contribution in [0.2, 0.25) is 0 Å². The van der Waals surface area contributed by atoms with E-state index < -0.39 is 48.6 Å². The maximum Gasteiger partial charge on any atom is 0.396 e. The number of aromatic nitrogens is 1. The minimum Gasteiger partial charge on any atom is -0.651 e. The Hall–Kier alpha value is -3.28. The molecule has 0 aliphatic carbocycles. The molecule has 6 atom stereocenters. The van der Waals surface area contributed by atoms with Gasteiger partial charge >= 0.3 is 6.69 Å². The zero-order valence-electron chi connectivity index (χ0n) is 22.5. The maximum absolute atomic E-state index is 13.5. The number of pyridine rings is 1. The van der Waals surface area contributed by atoms with Crippen LogP contribution in [-0.2, 0) is 18.9 Å². The van der Waals surface area contributed by atoms with E-state index in [1.54, 1.807) is 25.1 Å². The molecule has 204 valence electrons. The Morgan fingerprint density at radius 1 is 1.11 bits per heavy atom. The van der Waals surface area contributed by atoms with Crippen molar-refractivity contribution in [1.82, 2.24) is 20.4 Å². The first-order valence-electron chi connectivity index (χ1n) is 13.1. The molecule has 38 heavy (non-hydrogen) atoms. The maximum atomic E-state index is 13.5. The summed E-state index contributed by atoms with van der Waals surface area (Å²) in [5, 5.41) is 16.0. The molecular weight excluding hydrogens is 487 g/mol. The number of nitrogens with one attached hydrogen (secondary N) is 2. The van der Waals surface area contributed by atoms with Crippen LogP contribution in [0.4, 0.5) is 0 Å². The van der Waals surface area contributed by atoms with Gasteiger partial charge in [0.1, 0.15) is 11.7 Å². The van der Waals surface area contributed by atoms with Gasteiger partial charge in [0.2, 0.25) is 5.91 Å². The molecule has 3 heterocycles. The smallest absolute Gasteiger partial charge is 0.396 e. The van der Waals surface area contributed by atoms with Gasteiger partial charge in [-0.15, -0.1) is 0 Å². The second kappa shape index (κ2) is 11.2. The van der Waals surface area contributed by atoms with E-state index in [9.17, 15) is 19.5 Å². The van der Waals surface area contributed by atoms with Crippen molar-refractivity contribution in [3.63, 3.8) is 0 Å². The van der Waals surface area contributed by atoms with Gasteiger partial charge < -0.3 is 29.9 Å². The van der Waals surface area contributed by atoms with Crippen molar-refractivity contribution in [2.45, 2.75) is 71.2 Å². The molecule has 1 aromatic carbocycles. The van der Waals surface area contributed by atoms with Crippen LogP contribution in [0.5, 0.6) is 0 Å². The summed E-state index contributed by atoms with van der Waals surface area (Å²) in [6, 6.07) is 12.6. The van der Waals surface area contributed by atoms with Crippen molar-refractivity contribution in [3.05, 3.63) is 54.2 Å². The van der Waals surface area contributed by atoms with Gasteiger partial charge in [-0.2, -0.15) is 0 Å². The van der Waals surface area contributed by atoms with Gasteiger partial charge in [-0.3, -0.25) is 14.4 Å². The Morgan fingerprint density at radius 3 is 2.47 bits per heavy atom. The van der Waals surface area contributed by atoms with Gasteiger partial charge in [-0.25, -0.2) is 4.98 Å². The van der Waals surface area contributed by atoms with Crippen LogP contribution in [0, 0.1) is 5.92 Å². The highest BCUT2D eigenvalue weighted by atomic mass is 16.7. The summed E-state index contributed by atoms with van der Waals surface area (Å²) in [5.41, 5.74) is 1.57. The Morgan fingerprint density at radius 2 is 1.82 bits per heavy atom. The van der Waals surface area contributed by atoms with E-state index in [-0.39, 0.29) is 17.7 Å². The first kappa shape index (κ1) is 27.8. The topological polar surface area (TPSA) is 130 Å². The van der Waals surface area contributed by atoms with Crippen molar-refractivity contribution in [2.75, 3.05) is 6.61 Å². The molecule has 10 nitrogen and oxygen atoms in total. The Balaban J connectivity index is 1.54. The van der Waals surface area contributed by atoms with Gasteiger partial charge in [0.05, 0.1) is 17.8 Å². The second-order valence-electron chi connectivity index (χ2n) is 10.7. The van der Waals surface area contributed by atoms with Gasteiger partial charge in [0.15, 0.2) is 0 Å². The Labute approximate surface area is 223 Å². The van der Waals surface area contributed by atoms with Crippen molar-refractivity contribution >= 4 is 24.5 Å². The third-order valence-corrected chi connectivity index (χ3v) is 7.24. The molecular formula is C27H36BN4O6-. The molecule has 3 N–H and O–H groups in total. The molecule has 0 spiro atoms. The van der Waals surface area contributed by atoms with Gasteiger partial charge in [-0.05, 0) is 43.9 Å². The monoisotopic (exact) mass is 523 g/mol. The highest BCUT2D eigenvalue weighted by Gasteiger charge is 2.58. The largest absolute Gasteiger partial charge is 0.651 e. The van der Waals surface area contributed by atoms with Crippen LogP contribution in [0.3, 0.4) is 0 Å². The van der Waals surface area contributed by atoms with Crippen LogP contribution in [0.1, 0.15) is 51.5 Å². The van der Waals surface area contributed by atoms with Crippen LogP contribution in [0.25, 0.3) is 11.3 Å². The second-order valence-corrected chi connectivity index (χ2v) is 10.7. The number of hydrogen-bond donors (Lipinski definition) is 3. The van der Waals surface area contributed by atoms with Crippen LogP contribution < -0.4 is 10.6 Å². The first-order chi connectivity index (χ1) is 18.0. The van der Waals surface area contributed by atoms with E-state index in [2.05, 4.69) is 15.6 Å². The molecule has 0 radical (unpaired) electrons.